The molecule has 1 aromatic heterocycles. The summed E-state index contributed by atoms with van der Waals surface area (Å²) in [7, 11) is 4.30. The number of benzene rings is 1. The highest BCUT2D eigenvalue weighted by Crippen LogP contribution is 2.29. The lowest BCUT2D eigenvalue weighted by atomic mass is 10.2. The lowest BCUT2D eigenvalue weighted by Crippen LogP contribution is -2.27. The zero-order chi connectivity index (χ0) is 21.6. The van der Waals surface area contributed by atoms with E-state index in [0.29, 0.717) is 22.8 Å². The lowest BCUT2D eigenvalue weighted by Gasteiger charge is -2.15. The van der Waals surface area contributed by atoms with Crippen LogP contribution in [0.25, 0.3) is 0 Å². The van der Waals surface area contributed by atoms with Crippen molar-refractivity contribution < 1.29 is 28.4 Å². The minimum atomic E-state index is -0.500. The Labute approximate surface area is 172 Å². The second-order valence-electron chi connectivity index (χ2n) is 6.18. The van der Waals surface area contributed by atoms with Gasteiger partial charge < -0.3 is 18.8 Å². The van der Waals surface area contributed by atoms with Crippen LogP contribution in [-0.4, -0.2) is 48.7 Å². The van der Waals surface area contributed by atoms with Crippen molar-refractivity contribution in [3.63, 3.8) is 0 Å². The topological polar surface area (TPSA) is 112 Å². The quantitative estimate of drug-likeness (QED) is 0.344. The molecule has 1 amide bonds. The molecule has 2 aromatic rings. The number of nitro groups is 1. The van der Waals surface area contributed by atoms with Crippen molar-refractivity contribution in [3.8, 4) is 5.75 Å². The van der Waals surface area contributed by atoms with Crippen LogP contribution in [0, 0.1) is 17.0 Å². The molecule has 2 rings (SSSR count). The van der Waals surface area contributed by atoms with Crippen molar-refractivity contribution in [2.45, 2.75) is 19.2 Å². The Hall–Kier alpha value is -3.01. The summed E-state index contributed by atoms with van der Waals surface area (Å²) < 4.78 is 15.2. The largest absolute Gasteiger partial charge is 0.490 e. The van der Waals surface area contributed by atoms with Crippen LogP contribution in [0.3, 0.4) is 0 Å². The summed E-state index contributed by atoms with van der Waals surface area (Å²) in [5.74, 6) is 1.12. The standard InChI is InChI=1S/C19H22N2O7S/c1-12-15(19(23)27-4)8-14(28-12)9-20(2)18(22)11-29-10-13-5-6-17(26-3)16(7-13)21(24)25/h5-8H,9-11H2,1-4H3. The SMILES string of the molecule is COC(=O)c1cc(CN(C)C(=O)CSCc2ccc(OC)c([N+](=O)[O-])c2)oc1C. The highest BCUT2D eigenvalue weighted by Gasteiger charge is 2.19. The van der Waals surface area contributed by atoms with Gasteiger partial charge in [-0.2, -0.15) is 0 Å². The number of esters is 1. The van der Waals surface area contributed by atoms with Crippen molar-refractivity contribution in [2.24, 2.45) is 0 Å². The normalized spacial score (nSPS) is 10.5. The Morgan fingerprint density at radius 3 is 2.62 bits per heavy atom. The minimum absolute atomic E-state index is 0.108. The number of amides is 1. The molecule has 0 aliphatic carbocycles. The zero-order valence-corrected chi connectivity index (χ0v) is 17.4. The van der Waals surface area contributed by atoms with E-state index in [0.717, 1.165) is 5.56 Å². The second kappa shape index (κ2) is 9.97. The number of rotatable bonds is 9. The van der Waals surface area contributed by atoms with Gasteiger partial charge in [0.25, 0.3) is 0 Å². The molecule has 10 heteroatoms. The molecule has 0 radical (unpaired) electrons. The van der Waals surface area contributed by atoms with E-state index in [1.165, 1.54) is 36.9 Å². The maximum atomic E-state index is 12.3. The highest BCUT2D eigenvalue weighted by molar-refractivity contribution is 7.99. The third-order valence-electron chi connectivity index (χ3n) is 4.13. The lowest BCUT2D eigenvalue weighted by molar-refractivity contribution is -0.385. The molecule has 0 fully saturated rings. The molecule has 29 heavy (non-hydrogen) atoms. The van der Waals surface area contributed by atoms with Gasteiger partial charge in [-0.25, -0.2) is 4.79 Å². The zero-order valence-electron chi connectivity index (χ0n) is 16.6. The summed E-state index contributed by atoms with van der Waals surface area (Å²) in [5, 5.41) is 11.1. The number of nitrogens with zero attached hydrogens (tertiary/aromatic N) is 2. The van der Waals surface area contributed by atoms with Crippen molar-refractivity contribution in [1.82, 2.24) is 4.90 Å². The van der Waals surface area contributed by atoms with Gasteiger partial charge >= 0.3 is 11.7 Å². The highest BCUT2D eigenvalue weighted by atomic mass is 32.2. The number of hydrogen-bond donors (Lipinski definition) is 0. The van der Waals surface area contributed by atoms with Crippen molar-refractivity contribution in [2.75, 3.05) is 27.0 Å². The van der Waals surface area contributed by atoms with Gasteiger partial charge in [-0.1, -0.05) is 6.07 Å². The van der Waals surface area contributed by atoms with Crippen molar-refractivity contribution in [1.29, 1.82) is 0 Å². The number of aryl methyl sites for hydroxylation is 1. The summed E-state index contributed by atoms with van der Waals surface area (Å²) in [4.78, 5) is 36.0. The van der Waals surface area contributed by atoms with E-state index in [-0.39, 0.29) is 29.6 Å². The molecule has 0 aliphatic heterocycles. The second-order valence-corrected chi connectivity index (χ2v) is 7.17. The summed E-state index contributed by atoms with van der Waals surface area (Å²) in [5.41, 5.74) is 0.949. The first kappa shape index (κ1) is 22.3. The summed E-state index contributed by atoms with van der Waals surface area (Å²) in [6, 6.07) is 6.28. The van der Waals surface area contributed by atoms with E-state index in [4.69, 9.17) is 9.15 Å². The number of thioether (sulfide) groups is 1. The van der Waals surface area contributed by atoms with Crippen LogP contribution in [0.4, 0.5) is 5.69 Å². The molecule has 156 valence electrons. The molecule has 0 atom stereocenters. The number of furan rings is 1. The third-order valence-corrected chi connectivity index (χ3v) is 5.12. The minimum Gasteiger partial charge on any atom is -0.490 e. The Morgan fingerprint density at radius 2 is 2.00 bits per heavy atom. The fourth-order valence-electron chi connectivity index (χ4n) is 2.59. The van der Waals surface area contributed by atoms with E-state index >= 15 is 0 Å². The smallest absolute Gasteiger partial charge is 0.341 e. The van der Waals surface area contributed by atoms with Gasteiger partial charge in [0.15, 0.2) is 5.75 Å². The third kappa shape index (κ3) is 5.74. The van der Waals surface area contributed by atoms with Gasteiger partial charge in [0, 0.05) is 18.9 Å². The van der Waals surface area contributed by atoms with Gasteiger partial charge in [0.2, 0.25) is 5.91 Å². The molecule has 0 N–H and O–H groups in total. The van der Waals surface area contributed by atoms with Crippen LogP contribution in [-0.2, 0) is 21.8 Å². The first-order valence-corrected chi connectivity index (χ1v) is 9.73. The van der Waals surface area contributed by atoms with Crippen LogP contribution in [0.15, 0.2) is 28.7 Å². The molecule has 0 spiro atoms. The molecule has 0 saturated carbocycles. The first-order chi connectivity index (χ1) is 13.8. The van der Waals surface area contributed by atoms with Gasteiger partial charge in [-0.05, 0) is 24.6 Å². The summed E-state index contributed by atoms with van der Waals surface area (Å²) in [6.45, 7) is 1.87. The molecule has 0 aliphatic rings. The van der Waals surface area contributed by atoms with E-state index in [1.54, 1.807) is 32.2 Å². The Bertz CT molecular complexity index is 910. The van der Waals surface area contributed by atoms with Crippen LogP contribution >= 0.6 is 11.8 Å². The molecule has 0 bridgehead atoms. The van der Waals surface area contributed by atoms with Gasteiger partial charge in [-0.3, -0.25) is 14.9 Å². The Kier molecular flexibility index (Phi) is 7.66. The number of carbonyl (C=O) groups is 2. The van der Waals surface area contributed by atoms with Crippen LogP contribution in [0.5, 0.6) is 5.75 Å². The predicted molar refractivity (Wildman–Crippen MR) is 107 cm³/mol. The molecule has 0 unspecified atom stereocenters. The average molecular weight is 422 g/mol. The number of ether oxygens (including phenoxy) is 2. The summed E-state index contributed by atoms with van der Waals surface area (Å²) >= 11 is 1.34. The molecule has 9 nitrogen and oxygen atoms in total. The van der Waals surface area contributed by atoms with Crippen LogP contribution in [0.2, 0.25) is 0 Å². The molecule has 1 aromatic carbocycles. The van der Waals surface area contributed by atoms with E-state index in [1.807, 2.05) is 0 Å². The maximum absolute atomic E-state index is 12.3. The Morgan fingerprint density at radius 1 is 1.28 bits per heavy atom. The van der Waals surface area contributed by atoms with Gasteiger partial charge in [0.1, 0.15) is 17.1 Å². The fourth-order valence-corrected chi connectivity index (χ4v) is 3.50. The van der Waals surface area contributed by atoms with E-state index in [2.05, 4.69) is 4.74 Å². The molecule has 0 saturated heterocycles. The molecular formula is C19H22N2O7S. The van der Waals surface area contributed by atoms with Gasteiger partial charge in [0.05, 0.1) is 31.4 Å². The van der Waals surface area contributed by atoms with Crippen molar-refractivity contribution >= 4 is 29.3 Å². The maximum Gasteiger partial charge on any atom is 0.341 e. The molecular weight excluding hydrogens is 400 g/mol. The predicted octanol–water partition coefficient (Wildman–Crippen LogP) is 3.18. The Balaban J connectivity index is 1.90. The number of hydrogen-bond acceptors (Lipinski definition) is 8. The number of nitro benzene ring substituents is 1. The van der Waals surface area contributed by atoms with Gasteiger partial charge in [-0.15, -0.1) is 11.8 Å². The number of carbonyl (C=O) groups excluding carboxylic acids is 2. The number of methoxy groups -OCH3 is 2. The summed E-state index contributed by atoms with van der Waals surface area (Å²) in [6.07, 6.45) is 0. The van der Waals surface area contributed by atoms with E-state index < -0.39 is 10.9 Å². The van der Waals surface area contributed by atoms with E-state index in [9.17, 15) is 19.7 Å². The first-order valence-electron chi connectivity index (χ1n) is 8.57. The van der Waals surface area contributed by atoms with Crippen LogP contribution in [0.1, 0.15) is 27.4 Å². The molecule has 1 heterocycles. The monoisotopic (exact) mass is 422 g/mol. The fraction of sp³-hybridized carbons (Fsp3) is 0.368. The average Bonchev–Trinajstić information content (AvgIpc) is 3.06. The van der Waals surface area contributed by atoms with Crippen LogP contribution < -0.4 is 4.74 Å². The van der Waals surface area contributed by atoms with Crippen molar-refractivity contribution in [3.05, 3.63) is 57.0 Å².